The van der Waals surface area contributed by atoms with Gasteiger partial charge < -0.3 is 9.64 Å². The van der Waals surface area contributed by atoms with Crippen molar-refractivity contribution in [2.24, 2.45) is 0 Å². The molecule has 0 aliphatic carbocycles. The summed E-state index contributed by atoms with van der Waals surface area (Å²) in [5, 5.41) is 0. The Bertz CT molecular complexity index is 475. The Morgan fingerprint density at radius 2 is 1.34 bits per heavy atom. The Balaban J connectivity index is 1.88. The number of ether oxygens (including phenoxy) is 1. The van der Waals surface area contributed by atoms with E-state index in [-0.39, 0.29) is 5.91 Å². The fraction of sp³-hybridized carbons (Fsp3) is 0.840. The standard InChI is InChI=1S/C25H45NO3/c1-4-5-6-7-8-9-10-11-12-13-14-15-16-17-18-20-26-21-19-23(24(26)27)29-25(28)22(2)3/h23H,2,4-21H2,1,3H3. The number of likely N-dealkylation sites (tertiary alicyclic amines) is 1. The first-order valence-electron chi connectivity index (χ1n) is 12.2. The summed E-state index contributed by atoms with van der Waals surface area (Å²) < 4.78 is 5.21. The maximum absolute atomic E-state index is 12.3. The lowest BCUT2D eigenvalue weighted by Gasteiger charge is -2.16. The molecule has 1 unspecified atom stereocenters. The fourth-order valence-corrected chi connectivity index (χ4v) is 3.95. The van der Waals surface area contributed by atoms with E-state index in [2.05, 4.69) is 13.5 Å². The van der Waals surface area contributed by atoms with Crippen molar-refractivity contribution < 1.29 is 14.3 Å². The number of hydrogen-bond acceptors (Lipinski definition) is 3. The average Bonchev–Trinajstić information content (AvgIpc) is 3.04. The quantitative estimate of drug-likeness (QED) is 0.146. The van der Waals surface area contributed by atoms with Crippen LogP contribution in [0.2, 0.25) is 0 Å². The first-order valence-corrected chi connectivity index (χ1v) is 12.2. The van der Waals surface area contributed by atoms with Crippen LogP contribution < -0.4 is 0 Å². The van der Waals surface area contributed by atoms with E-state index < -0.39 is 12.1 Å². The van der Waals surface area contributed by atoms with Gasteiger partial charge in [0, 0.05) is 25.1 Å². The van der Waals surface area contributed by atoms with Gasteiger partial charge in [-0.15, -0.1) is 0 Å². The van der Waals surface area contributed by atoms with Crippen LogP contribution in [0.15, 0.2) is 12.2 Å². The van der Waals surface area contributed by atoms with Crippen molar-refractivity contribution in [3.8, 4) is 0 Å². The number of esters is 1. The zero-order valence-corrected chi connectivity index (χ0v) is 19.2. The van der Waals surface area contributed by atoms with Gasteiger partial charge in [0.2, 0.25) is 0 Å². The minimum absolute atomic E-state index is 0.0371. The van der Waals surface area contributed by atoms with Crippen LogP contribution in [0.25, 0.3) is 0 Å². The van der Waals surface area contributed by atoms with E-state index in [9.17, 15) is 9.59 Å². The minimum atomic E-state index is -0.601. The van der Waals surface area contributed by atoms with Crippen LogP contribution in [0.5, 0.6) is 0 Å². The number of unbranched alkanes of at least 4 members (excludes halogenated alkanes) is 14. The molecular weight excluding hydrogens is 362 g/mol. The number of nitrogens with zero attached hydrogens (tertiary/aromatic N) is 1. The number of amides is 1. The molecule has 29 heavy (non-hydrogen) atoms. The molecule has 1 amide bonds. The van der Waals surface area contributed by atoms with Crippen molar-refractivity contribution >= 4 is 11.9 Å². The summed E-state index contributed by atoms with van der Waals surface area (Å²) in [5.41, 5.74) is 0.346. The second-order valence-electron chi connectivity index (χ2n) is 8.74. The van der Waals surface area contributed by atoms with Gasteiger partial charge >= 0.3 is 5.97 Å². The van der Waals surface area contributed by atoms with Gasteiger partial charge in [-0.3, -0.25) is 4.79 Å². The lowest BCUT2D eigenvalue weighted by Crippen LogP contribution is -2.32. The lowest BCUT2D eigenvalue weighted by atomic mass is 10.0. The minimum Gasteiger partial charge on any atom is -0.449 e. The molecule has 0 aromatic rings. The Hall–Kier alpha value is -1.32. The predicted molar refractivity (Wildman–Crippen MR) is 121 cm³/mol. The van der Waals surface area contributed by atoms with Crippen LogP contribution in [0, 0.1) is 0 Å². The third kappa shape index (κ3) is 12.1. The van der Waals surface area contributed by atoms with Gasteiger partial charge in [-0.1, -0.05) is 103 Å². The van der Waals surface area contributed by atoms with E-state index in [4.69, 9.17) is 4.74 Å². The Kier molecular flexibility index (Phi) is 14.6. The molecule has 0 spiro atoms. The molecule has 0 N–H and O–H groups in total. The van der Waals surface area contributed by atoms with Crippen molar-refractivity contribution in [2.75, 3.05) is 13.1 Å². The molecule has 4 nitrogen and oxygen atoms in total. The second-order valence-corrected chi connectivity index (χ2v) is 8.74. The molecule has 0 saturated carbocycles. The van der Waals surface area contributed by atoms with Crippen LogP contribution in [-0.4, -0.2) is 36.0 Å². The van der Waals surface area contributed by atoms with Crippen LogP contribution in [-0.2, 0) is 14.3 Å². The summed E-state index contributed by atoms with van der Waals surface area (Å²) in [6, 6.07) is 0. The zero-order valence-electron chi connectivity index (χ0n) is 19.2. The molecule has 4 heteroatoms. The van der Waals surface area contributed by atoms with Crippen LogP contribution in [0.4, 0.5) is 0 Å². The smallest absolute Gasteiger partial charge is 0.333 e. The van der Waals surface area contributed by atoms with Crippen molar-refractivity contribution in [3.05, 3.63) is 12.2 Å². The van der Waals surface area contributed by atoms with E-state index >= 15 is 0 Å². The van der Waals surface area contributed by atoms with Gasteiger partial charge in [-0.2, -0.15) is 0 Å². The summed E-state index contributed by atoms with van der Waals surface area (Å²) in [6.07, 6.45) is 20.2. The van der Waals surface area contributed by atoms with E-state index in [0.717, 1.165) is 13.0 Å². The first kappa shape index (κ1) is 25.7. The van der Waals surface area contributed by atoms with E-state index in [1.165, 1.54) is 89.9 Å². The average molecular weight is 408 g/mol. The molecule has 0 radical (unpaired) electrons. The highest BCUT2D eigenvalue weighted by Crippen LogP contribution is 2.18. The molecule has 1 heterocycles. The summed E-state index contributed by atoms with van der Waals surface area (Å²) in [5.74, 6) is -0.498. The zero-order chi connectivity index (χ0) is 21.3. The summed E-state index contributed by atoms with van der Waals surface area (Å²) >= 11 is 0. The van der Waals surface area contributed by atoms with Crippen LogP contribution >= 0.6 is 0 Å². The Morgan fingerprint density at radius 1 is 0.897 bits per heavy atom. The van der Waals surface area contributed by atoms with Crippen molar-refractivity contribution in [1.82, 2.24) is 4.90 Å². The maximum Gasteiger partial charge on any atom is 0.333 e. The summed E-state index contributed by atoms with van der Waals surface area (Å²) in [4.78, 5) is 25.7. The van der Waals surface area contributed by atoms with Crippen LogP contribution in [0.3, 0.4) is 0 Å². The Morgan fingerprint density at radius 3 is 1.79 bits per heavy atom. The highest BCUT2D eigenvalue weighted by Gasteiger charge is 2.34. The molecule has 1 rings (SSSR count). The van der Waals surface area contributed by atoms with Gasteiger partial charge in [-0.05, 0) is 13.3 Å². The molecule has 1 atom stereocenters. The predicted octanol–water partition coefficient (Wildman–Crippen LogP) is 6.58. The van der Waals surface area contributed by atoms with Crippen molar-refractivity contribution in [1.29, 1.82) is 0 Å². The van der Waals surface area contributed by atoms with E-state index in [1.54, 1.807) is 6.92 Å². The highest BCUT2D eigenvalue weighted by molar-refractivity contribution is 5.91. The van der Waals surface area contributed by atoms with Crippen LogP contribution in [0.1, 0.15) is 117 Å². The number of carbonyl (C=O) groups excluding carboxylic acids is 2. The molecule has 1 aliphatic heterocycles. The SMILES string of the molecule is C=C(C)C(=O)OC1CCN(CCCCCCCCCCCCCCCCC)C1=O. The monoisotopic (exact) mass is 407 g/mol. The van der Waals surface area contributed by atoms with E-state index in [0.29, 0.717) is 18.5 Å². The number of rotatable bonds is 18. The summed E-state index contributed by atoms with van der Waals surface area (Å²) in [6.45, 7) is 8.93. The molecule has 0 aromatic carbocycles. The maximum atomic E-state index is 12.3. The largest absolute Gasteiger partial charge is 0.449 e. The van der Waals surface area contributed by atoms with Gasteiger partial charge in [0.25, 0.3) is 5.91 Å². The molecular formula is C25H45NO3. The van der Waals surface area contributed by atoms with Crippen molar-refractivity contribution in [2.45, 2.75) is 123 Å². The van der Waals surface area contributed by atoms with Gasteiger partial charge in [0.1, 0.15) is 0 Å². The lowest BCUT2D eigenvalue weighted by molar-refractivity contribution is -0.152. The van der Waals surface area contributed by atoms with Gasteiger partial charge in [-0.25, -0.2) is 4.79 Å². The molecule has 0 bridgehead atoms. The molecule has 1 aliphatic rings. The van der Waals surface area contributed by atoms with Gasteiger partial charge in [0.15, 0.2) is 6.10 Å². The van der Waals surface area contributed by atoms with E-state index in [1.807, 2.05) is 4.90 Å². The van der Waals surface area contributed by atoms with Gasteiger partial charge in [0.05, 0.1) is 0 Å². The fourth-order valence-electron chi connectivity index (χ4n) is 3.95. The normalized spacial score (nSPS) is 16.4. The third-order valence-electron chi connectivity index (χ3n) is 5.88. The molecule has 1 fully saturated rings. The topological polar surface area (TPSA) is 46.6 Å². The molecule has 1 saturated heterocycles. The summed E-state index contributed by atoms with van der Waals surface area (Å²) in [7, 11) is 0. The number of hydrogen-bond donors (Lipinski definition) is 0. The first-order chi connectivity index (χ1) is 14.1. The Labute approximate surface area is 179 Å². The number of carbonyl (C=O) groups is 2. The second kappa shape index (κ2) is 16.5. The molecule has 168 valence electrons. The third-order valence-corrected chi connectivity index (χ3v) is 5.88. The van der Waals surface area contributed by atoms with Crippen molar-refractivity contribution in [3.63, 3.8) is 0 Å². The highest BCUT2D eigenvalue weighted by atomic mass is 16.5. The molecule has 0 aromatic heterocycles.